The minimum atomic E-state index is 0.00358. The van der Waals surface area contributed by atoms with Crippen molar-refractivity contribution >= 4 is 5.97 Å². The van der Waals surface area contributed by atoms with Crippen LogP contribution >= 0.6 is 0 Å². The smallest absolute Gasteiger partial charge is 0.308 e. The second-order valence-electron chi connectivity index (χ2n) is 8.24. The zero-order chi connectivity index (χ0) is 16.7. The van der Waals surface area contributed by atoms with Crippen LogP contribution in [-0.2, 0) is 9.53 Å². The number of carbonyl (C=O) groups is 1. The van der Waals surface area contributed by atoms with Crippen LogP contribution in [0.5, 0.6) is 0 Å². The summed E-state index contributed by atoms with van der Waals surface area (Å²) in [5.74, 6) is 3.85. The Labute approximate surface area is 143 Å². The molecule has 134 valence electrons. The molecule has 0 aliphatic heterocycles. The first kappa shape index (κ1) is 18.8. The average molecular weight is 323 g/mol. The van der Waals surface area contributed by atoms with Gasteiger partial charge in [-0.15, -0.1) is 0 Å². The number of ether oxygens (including phenoxy) is 1. The first-order chi connectivity index (χ1) is 11.1. The molecule has 2 nitrogen and oxygen atoms in total. The highest BCUT2D eigenvalue weighted by molar-refractivity contribution is 5.71. The monoisotopic (exact) mass is 322 g/mol. The standard InChI is InChI=1S/C21H38O2/c1-4-6-17-7-11-19(12-8-17)20-13-9-18(10-14-20)15-16(3)21(22)23-5-2/h16-20H,4-15H2,1-3H3. The molecule has 2 aliphatic rings. The zero-order valence-corrected chi connectivity index (χ0v) is 15.7. The molecule has 0 spiro atoms. The van der Waals surface area contributed by atoms with Crippen molar-refractivity contribution in [2.24, 2.45) is 29.6 Å². The van der Waals surface area contributed by atoms with Gasteiger partial charge in [0, 0.05) is 0 Å². The molecule has 1 unspecified atom stereocenters. The quantitative estimate of drug-likeness (QED) is 0.538. The van der Waals surface area contributed by atoms with Gasteiger partial charge in [-0.25, -0.2) is 0 Å². The van der Waals surface area contributed by atoms with Crippen molar-refractivity contribution in [2.45, 2.75) is 91.4 Å². The Morgan fingerprint density at radius 2 is 1.43 bits per heavy atom. The molecular formula is C21H38O2. The number of hydrogen-bond acceptors (Lipinski definition) is 2. The summed E-state index contributed by atoms with van der Waals surface area (Å²) in [4.78, 5) is 11.8. The molecule has 0 N–H and O–H groups in total. The lowest BCUT2D eigenvalue weighted by molar-refractivity contribution is -0.148. The van der Waals surface area contributed by atoms with E-state index < -0.39 is 0 Å². The minimum Gasteiger partial charge on any atom is -0.466 e. The molecule has 0 heterocycles. The van der Waals surface area contributed by atoms with E-state index in [1.807, 2.05) is 13.8 Å². The summed E-state index contributed by atoms with van der Waals surface area (Å²) in [6, 6.07) is 0. The molecule has 2 aliphatic carbocycles. The molecule has 0 bridgehead atoms. The van der Waals surface area contributed by atoms with Crippen LogP contribution in [0.3, 0.4) is 0 Å². The van der Waals surface area contributed by atoms with Gasteiger partial charge in [0.05, 0.1) is 12.5 Å². The largest absolute Gasteiger partial charge is 0.466 e. The summed E-state index contributed by atoms with van der Waals surface area (Å²) in [5, 5.41) is 0. The molecule has 2 fully saturated rings. The van der Waals surface area contributed by atoms with Crippen molar-refractivity contribution in [3.05, 3.63) is 0 Å². The van der Waals surface area contributed by atoms with Gasteiger partial charge in [-0.1, -0.05) is 52.4 Å². The fourth-order valence-electron chi connectivity index (χ4n) is 5.13. The van der Waals surface area contributed by atoms with Crippen molar-refractivity contribution < 1.29 is 9.53 Å². The van der Waals surface area contributed by atoms with E-state index in [9.17, 15) is 4.79 Å². The zero-order valence-electron chi connectivity index (χ0n) is 15.7. The summed E-state index contributed by atoms with van der Waals surface area (Å²) in [6.07, 6.45) is 15.3. The van der Waals surface area contributed by atoms with Gasteiger partial charge in [0.15, 0.2) is 0 Å². The highest BCUT2D eigenvalue weighted by Gasteiger charge is 2.31. The molecule has 0 aromatic rings. The van der Waals surface area contributed by atoms with Crippen LogP contribution in [0, 0.1) is 29.6 Å². The van der Waals surface area contributed by atoms with Gasteiger partial charge in [-0.05, 0) is 62.7 Å². The lowest BCUT2D eigenvalue weighted by atomic mass is 9.68. The maximum atomic E-state index is 11.8. The highest BCUT2D eigenvalue weighted by atomic mass is 16.5. The lowest BCUT2D eigenvalue weighted by Crippen LogP contribution is -2.27. The van der Waals surface area contributed by atoms with E-state index in [0.29, 0.717) is 6.61 Å². The normalized spacial score (nSPS) is 33.2. The Hall–Kier alpha value is -0.530. The fraction of sp³-hybridized carbons (Fsp3) is 0.952. The van der Waals surface area contributed by atoms with Crippen LogP contribution in [0.2, 0.25) is 0 Å². The maximum Gasteiger partial charge on any atom is 0.308 e. The molecule has 2 rings (SSSR count). The van der Waals surface area contributed by atoms with Crippen LogP contribution in [0.15, 0.2) is 0 Å². The van der Waals surface area contributed by atoms with E-state index in [0.717, 1.165) is 30.1 Å². The highest BCUT2D eigenvalue weighted by Crippen LogP contribution is 2.43. The molecule has 0 amide bonds. The Kier molecular flexibility index (Phi) is 7.92. The Bertz CT molecular complexity index is 336. The fourth-order valence-corrected chi connectivity index (χ4v) is 5.13. The first-order valence-corrected chi connectivity index (χ1v) is 10.3. The summed E-state index contributed by atoms with van der Waals surface area (Å²) in [6.45, 7) is 6.77. The number of esters is 1. The molecule has 1 atom stereocenters. The van der Waals surface area contributed by atoms with Gasteiger partial charge in [-0.2, -0.15) is 0 Å². The van der Waals surface area contributed by atoms with Gasteiger partial charge in [0.2, 0.25) is 0 Å². The van der Waals surface area contributed by atoms with Gasteiger partial charge < -0.3 is 4.74 Å². The van der Waals surface area contributed by atoms with E-state index in [1.165, 1.54) is 64.2 Å². The molecule has 0 saturated heterocycles. The van der Waals surface area contributed by atoms with Crippen molar-refractivity contribution in [2.75, 3.05) is 6.61 Å². The number of rotatable bonds is 7. The van der Waals surface area contributed by atoms with Crippen LogP contribution in [0.25, 0.3) is 0 Å². The van der Waals surface area contributed by atoms with Crippen molar-refractivity contribution in [3.8, 4) is 0 Å². The predicted molar refractivity (Wildman–Crippen MR) is 96.2 cm³/mol. The topological polar surface area (TPSA) is 26.3 Å². The van der Waals surface area contributed by atoms with Crippen LogP contribution in [-0.4, -0.2) is 12.6 Å². The minimum absolute atomic E-state index is 0.00358. The van der Waals surface area contributed by atoms with E-state index in [2.05, 4.69) is 6.92 Å². The third-order valence-corrected chi connectivity index (χ3v) is 6.52. The van der Waals surface area contributed by atoms with Crippen molar-refractivity contribution in [3.63, 3.8) is 0 Å². The van der Waals surface area contributed by atoms with Crippen molar-refractivity contribution in [1.82, 2.24) is 0 Å². The van der Waals surface area contributed by atoms with E-state index in [-0.39, 0.29) is 11.9 Å². The average Bonchev–Trinajstić information content (AvgIpc) is 2.57. The van der Waals surface area contributed by atoms with E-state index >= 15 is 0 Å². The predicted octanol–water partition coefficient (Wildman–Crippen LogP) is 5.99. The van der Waals surface area contributed by atoms with Crippen LogP contribution < -0.4 is 0 Å². The molecular weight excluding hydrogens is 284 g/mol. The molecule has 2 heteroatoms. The maximum absolute atomic E-state index is 11.8. The summed E-state index contributed by atoms with van der Waals surface area (Å²) in [7, 11) is 0. The number of carbonyl (C=O) groups excluding carboxylic acids is 1. The van der Waals surface area contributed by atoms with Gasteiger partial charge in [-0.3, -0.25) is 4.79 Å². The summed E-state index contributed by atoms with van der Waals surface area (Å²) < 4.78 is 5.15. The van der Waals surface area contributed by atoms with E-state index in [4.69, 9.17) is 4.74 Å². The van der Waals surface area contributed by atoms with Crippen LogP contribution in [0.4, 0.5) is 0 Å². The number of hydrogen-bond donors (Lipinski definition) is 0. The van der Waals surface area contributed by atoms with Crippen LogP contribution in [0.1, 0.15) is 91.4 Å². The second-order valence-corrected chi connectivity index (χ2v) is 8.24. The molecule has 2 saturated carbocycles. The summed E-state index contributed by atoms with van der Waals surface area (Å²) >= 11 is 0. The molecule has 0 aromatic heterocycles. The second kappa shape index (κ2) is 9.69. The van der Waals surface area contributed by atoms with Gasteiger partial charge in [0.25, 0.3) is 0 Å². The Morgan fingerprint density at radius 1 is 0.913 bits per heavy atom. The van der Waals surface area contributed by atoms with Gasteiger partial charge in [0.1, 0.15) is 0 Å². The third kappa shape index (κ3) is 5.80. The Morgan fingerprint density at radius 3 is 1.91 bits per heavy atom. The molecule has 23 heavy (non-hydrogen) atoms. The summed E-state index contributed by atoms with van der Waals surface area (Å²) in [5.41, 5.74) is 0. The third-order valence-electron chi connectivity index (χ3n) is 6.52. The SMILES string of the molecule is CCCC1CCC(C2CCC(CC(C)C(=O)OCC)CC2)CC1. The van der Waals surface area contributed by atoms with Crippen molar-refractivity contribution in [1.29, 1.82) is 0 Å². The van der Waals surface area contributed by atoms with Gasteiger partial charge >= 0.3 is 5.97 Å². The first-order valence-electron chi connectivity index (χ1n) is 10.3. The lowest BCUT2D eigenvalue weighted by Gasteiger charge is -2.38. The van der Waals surface area contributed by atoms with E-state index in [1.54, 1.807) is 0 Å². The molecule has 0 aromatic carbocycles. The Balaban J connectivity index is 1.67. The molecule has 0 radical (unpaired) electrons.